The van der Waals surface area contributed by atoms with Gasteiger partial charge >= 0.3 is 0 Å². The van der Waals surface area contributed by atoms with Crippen LogP contribution in [0.1, 0.15) is 71.6 Å². The van der Waals surface area contributed by atoms with Crippen LogP contribution in [0.15, 0.2) is 24.8 Å². The Hall–Kier alpha value is -1.05. The SMILES string of the molecule is CC12CCC3C(CCC4CCCCC43C)C1CC=C2n1ccnc1. The van der Waals surface area contributed by atoms with Crippen LogP contribution in [-0.4, -0.2) is 9.55 Å². The summed E-state index contributed by atoms with van der Waals surface area (Å²) in [6.07, 6.45) is 21.7. The van der Waals surface area contributed by atoms with Gasteiger partial charge in [-0.1, -0.05) is 32.8 Å². The van der Waals surface area contributed by atoms with E-state index in [4.69, 9.17) is 0 Å². The van der Waals surface area contributed by atoms with Gasteiger partial charge in [-0.05, 0) is 74.0 Å². The summed E-state index contributed by atoms with van der Waals surface area (Å²) in [5.41, 5.74) is 2.57. The van der Waals surface area contributed by atoms with E-state index in [0.717, 1.165) is 23.7 Å². The Kier molecular flexibility index (Phi) is 3.31. The molecule has 0 aliphatic heterocycles. The van der Waals surface area contributed by atoms with Gasteiger partial charge in [0, 0.05) is 23.5 Å². The summed E-state index contributed by atoms with van der Waals surface area (Å²) >= 11 is 0. The Morgan fingerprint density at radius 1 is 1.04 bits per heavy atom. The summed E-state index contributed by atoms with van der Waals surface area (Å²) in [6, 6.07) is 0. The topological polar surface area (TPSA) is 17.8 Å². The van der Waals surface area contributed by atoms with Crippen molar-refractivity contribution in [3.8, 4) is 0 Å². The monoisotopic (exact) mass is 324 g/mol. The Labute approximate surface area is 146 Å². The number of nitrogens with zero attached hydrogens (tertiary/aromatic N) is 2. The molecule has 3 fully saturated rings. The van der Waals surface area contributed by atoms with Gasteiger partial charge in [-0.2, -0.15) is 0 Å². The van der Waals surface area contributed by atoms with Crippen molar-refractivity contribution in [3.63, 3.8) is 0 Å². The third kappa shape index (κ3) is 1.92. The summed E-state index contributed by atoms with van der Waals surface area (Å²) in [4.78, 5) is 4.30. The molecule has 1 heterocycles. The summed E-state index contributed by atoms with van der Waals surface area (Å²) < 4.78 is 2.30. The van der Waals surface area contributed by atoms with Crippen LogP contribution < -0.4 is 0 Å². The van der Waals surface area contributed by atoms with Gasteiger partial charge in [0.05, 0.1) is 6.33 Å². The first-order chi connectivity index (χ1) is 11.6. The van der Waals surface area contributed by atoms with E-state index in [1.54, 1.807) is 5.70 Å². The van der Waals surface area contributed by atoms with Gasteiger partial charge in [0.25, 0.3) is 0 Å². The van der Waals surface area contributed by atoms with Crippen LogP contribution in [0.3, 0.4) is 0 Å². The molecule has 3 saturated carbocycles. The molecule has 0 spiro atoms. The van der Waals surface area contributed by atoms with Gasteiger partial charge in [0.15, 0.2) is 0 Å². The number of aromatic nitrogens is 2. The van der Waals surface area contributed by atoms with Crippen LogP contribution in [0.5, 0.6) is 0 Å². The van der Waals surface area contributed by atoms with Crippen LogP contribution in [0, 0.1) is 34.5 Å². The lowest BCUT2D eigenvalue weighted by Gasteiger charge is -2.60. The van der Waals surface area contributed by atoms with Gasteiger partial charge in [-0.15, -0.1) is 0 Å². The summed E-state index contributed by atoms with van der Waals surface area (Å²) in [5, 5.41) is 0. The Morgan fingerprint density at radius 2 is 1.96 bits per heavy atom. The average Bonchev–Trinajstić information content (AvgIpc) is 3.20. The van der Waals surface area contributed by atoms with Crippen molar-refractivity contribution in [2.45, 2.75) is 71.6 Å². The highest BCUT2D eigenvalue weighted by Gasteiger charge is 2.58. The van der Waals surface area contributed by atoms with Crippen molar-refractivity contribution in [2.75, 3.05) is 0 Å². The van der Waals surface area contributed by atoms with Gasteiger partial charge in [0.2, 0.25) is 0 Å². The minimum Gasteiger partial charge on any atom is -0.310 e. The normalized spacial score (nSPS) is 47.5. The van der Waals surface area contributed by atoms with E-state index in [-0.39, 0.29) is 0 Å². The molecule has 0 radical (unpaired) electrons. The van der Waals surface area contributed by atoms with Crippen LogP contribution in [0.4, 0.5) is 0 Å². The molecular weight excluding hydrogens is 292 g/mol. The van der Waals surface area contributed by atoms with Crippen molar-refractivity contribution in [1.82, 2.24) is 9.55 Å². The molecule has 2 nitrogen and oxygen atoms in total. The van der Waals surface area contributed by atoms with Crippen molar-refractivity contribution in [3.05, 3.63) is 24.8 Å². The Balaban J connectivity index is 1.46. The summed E-state index contributed by atoms with van der Waals surface area (Å²) in [5.74, 6) is 3.85. The second-order valence-corrected chi connectivity index (χ2v) is 9.65. The molecule has 24 heavy (non-hydrogen) atoms. The molecule has 130 valence electrons. The molecule has 0 saturated heterocycles. The highest BCUT2D eigenvalue weighted by molar-refractivity contribution is 5.56. The van der Waals surface area contributed by atoms with E-state index < -0.39 is 0 Å². The highest BCUT2D eigenvalue weighted by atomic mass is 15.1. The number of rotatable bonds is 1. The molecule has 4 aliphatic carbocycles. The maximum Gasteiger partial charge on any atom is 0.0989 e. The maximum absolute atomic E-state index is 4.30. The van der Waals surface area contributed by atoms with Crippen molar-refractivity contribution in [2.24, 2.45) is 34.5 Å². The number of imidazole rings is 1. The van der Waals surface area contributed by atoms with E-state index in [2.05, 4.69) is 35.7 Å². The van der Waals surface area contributed by atoms with E-state index in [9.17, 15) is 0 Å². The number of allylic oxidation sites excluding steroid dienone is 2. The first kappa shape index (κ1) is 15.2. The molecule has 2 heteroatoms. The van der Waals surface area contributed by atoms with Crippen LogP contribution in [0.25, 0.3) is 5.70 Å². The van der Waals surface area contributed by atoms with Crippen LogP contribution in [0.2, 0.25) is 0 Å². The second kappa shape index (κ2) is 5.22. The molecule has 5 rings (SSSR count). The molecule has 6 atom stereocenters. The predicted molar refractivity (Wildman–Crippen MR) is 98.2 cm³/mol. The van der Waals surface area contributed by atoms with Crippen molar-refractivity contribution < 1.29 is 0 Å². The van der Waals surface area contributed by atoms with Crippen molar-refractivity contribution in [1.29, 1.82) is 0 Å². The first-order valence-corrected chi connectivity index (χ1v) is 10.3. The van der Waals surface area contributed by atoms with Crippen LogP contribution in [-0.2, 0) is 0 Å². The lowest BCUT2D eigenvalue weighted by atomic mass is 9.45. The summed E-state index contributed by atoms with van der Waals surface area (Å²) in [7, 11) is 0. The standard InChI is InChI=1S/C22H32N2/c1-21-11-4-3-5-16(21)6-7-17-18-8-9-20(24-14-13-23-15-24)22(18,2)12-10-19(17)21/h9,13-19H,3-8,10-12H2,1-2H3. The summed E-state index contributed by atoms with van der Waals surface area (Å²) in [6.45, 7) is 5.23. The van der Waals surface area contributed by atoms with E-state index in [1.807, 2.05) is 12.5 Å². The minimum atomic E-state index is 0.375. The molecule has 0 N–H and O–H groups in total. The zero-order valence-corrected chi connectivity index (χ0v) is 15.4. The molecule has 1 aromatic rings. The lowest BCUT2D eigenvalue weighted by molar-refractivity contribution is -0.0960. The van der Waals surface area contributed by atoms with Gasteiger partial charge in [0.1, 0.15) is 0 Å². The predicted octanol–water partition coefficient (Wildman–Crippen LogP) is 5.77. The fourth-order valence-corrected chi connectivity index (χ4v) is 7.64. The Morgan fingerprint density at radius 3 is 2.79 bits per heavy atom. The molecule has 1 aromatic heterocycles. The molecule has 4 aliphatic rings. The van der Waals surface area contributed by atoms with E-state index in [0.29, 0.717) is 10.8 Å². The zero-order valence-electron chi connectivity index (χ0n) is 15.4. The van der Waals surface area contributed by atoms with E-state index in [1.165, 1.54) is 57.8 Å². The molecule has 0 aromatic carbocycles. The van der Waals surface area contributed by atoms with Gasteiger partial charge < -0.3 is 4.57 Å². The molecule has 0 bridgehead atoms. The average molecular weight is 325 g/mol. The fourth-order valence-electron chi connectivity index (χ4n) is 7.64. The lowest BCUT2D eigenvalue weighted by Crippen LogP contribution is -2.52. The third-order valence-electron chi connectivity index (χ3n) is 8.91. The second-order valence-electron chi connectivity index (χ2n) is 9.65. The molecule has 6 unspecified atom stereocenters. The quantitative estimate of drug-likeness (QED) is 0.641. The fraction of sp³-hybridized carbons (Fsp3) is 0.773. The minimum absolute atomic E-state index is 0.375. The first-order valence-electron chi connectivity index (χ1n) is 10.3. The number of hydrogen-bond acceptors (Lipinski definition) is 1. The number of fused-ring (bicyclic) bond motifs is 5. The Bertz CT molecular complexity index is 645. The maximum atomic E-state index is 4.30. The van der Waals surface area contributed by atoms with Crippen molar-refractivity contribution >= 4 is 5.70 Å². The smallest absolute Gasteiger partial charge is 0.0989 e. The third-order valence-corrected chi connectivity index (χ3v) is 8.91. The number of hydrogen-bond donors (Lipinski definition) is 0. The van der Waals surface area contributed by atoms with E-state index >= 15 is 0 Å². The largest absolute Gasteiger partial charge is 0.310 e. The highest BCUT2D eigenvalue weighted by Crippen LogP contribution is 2.66. The molecular formula is C22H32N2. The van der Waals surface area contributed by atoms with Gasteiger partial charge in [-0.25, -0.2) is 4.98 Å². The van der Waals surface area contributed by atoms with Crippen LogP contribution >= 0.6 is 0 Å². The zero-order chi connectivity index (χ0) is 16.4. The molecule has 0 amide bonds. The van der Waals surface area contributed by atoms with Gasteiger partial charge in [-0.3, -0.25) is 0 Å².